The highest BCUT2D eigenvalue weighted by molar-refractivity contribution is 6.67. The summed E-state index contributed by atoms with van der Waals surface area (Å²) in [6, 6.07) is -0.646. The minimum absolute atomic E-state index is 0.323. The Balaban J connectivity index is 5.75. The van der Waals surface area contributed by atoms with Gasteiger partial charge >= 0.3 is 17.6 Å². The summed E-state index contributed by atoms with van der Waals surface area (Å²) in [6.45, 7) is 6.24. The molecule has 0 aliphatic rings. The van der Waals surface area contributed by atoms with Crippen molar-refractivity contribution in [3.05, 3.63) is 12.2 Å². The van der Waals surface area contributed by atoms with Gasteiger partial charge in [0.25, 0.3) is 35.8 Å². The lowest BCUT2D eigenvalue weighted by atomic mass is 10.6. The summed E-state index contributed by atoms with van der Waals surface area (Å²) in [6.07, 6.45) is 2.58. The molecular formula is C16H24O12Si2. The van der Waals surface area contributed by atoms with E-state index in [-0.39, 0.29) is 12.1 Å². The average molecular weight is 465 g/mol. The molecule has 0 saturated carbocycles. The maximum atomic E-state index is 11.4. The van der Waals surface area contributed by atoms with E-state index in [4.69, 9.17) is 26.6 Å². The Kier molecular flexibility index (Phi) is 10.7. The highest BCUT2D eigenvalue weighted by Crippen LogP contribution is 2.21. The molecule has 30 heavy (non-hydrogen) atoms. The normalized spacial score (nSPS) is 11.3. The first kappa shape index (κ1) is 27.0. The molecule has 0 aliphatic heterocycles. The molecule has 0 aromatic heterocycles. The minimum atomic E-state index is -4.12. The van der Waals surface area contributed by atoms with E-state index in [1.807, 2.05) is 0 Å². The fourth-order valence-electron chi connectivity index (χ4n) is 2.14. The second-order valence-electron chi connectivity index (χ2n) is 5.81. The van der Waals surface area contributed by atoms with Gasteiger partial charge in [-0.05, 0) is 0 Å². The molecule has 168 valence electrons. The van der Waals surface area contributed by atoms with Crippen molar-refractivity contribution in [1.82, 2.24) is 0 Å². The van der Waals surface area contributed by atoms with Crippen LogP contribution in [0.4, 0.5) is 0 Å². The number of hydrogen-bond acceptors (Lipinski definition) is 12. The van der Waals surface area contributed by atoms with Gasteiger partial charge in [-0.3, -0.25) is 28.8 Å². The molecule has 0 N–H and O–H groups in total. The summed E-state index contributed by atoms with van der Waals surface area (Å²) in [7, 11) is -8.24. The lowest BCUT2D eigenvalue weighted by molar-refractivity contribution is -0.150. The molecule has 0 aliphatic carbocycles. The van der Waals surface area contributed by atoms with Crippen LogP contribution in [0.2, 0.25) is 12.1 Å². The Morgan fingerprint density at radius 1 is 0.467 bits per heavy atom. The van der Waals surface area contributed by atoms with E-state index in [2.05, 4.69) is 0 Å². The van der Waals surface area contributed by atoms with Crippen LogP contribution in [-0.4, -0.2) is 53.4 Å². The van der Waals surface area contributed by atoms with Crippen LogP contribution in [0.3, 0.4) is 0 Å². The van der Waals surface area contributed by atoms with Gasteiger partial charge in [-0.1, -0.05) is 12.2 Å². The number of carbonyl (C=O) groups is 6. The van der Waals surface area contributed by atoms with E-state index in [1.165, 1.54) is 12.2 Å². The quantitative estimate of drug-likeness (QED) is 0.331. The van der Waals surface area contributed by atoms with Gasteiger partial charge in [-0.25, -0.2) is 0 Å². The van der Waals surface area contributed by atoms with Gasteiger partial charge in [0.2, 0.25) is 0 Å². The highest BCUT2D eigenvalue weighted by atomic mass is 28.4. The molecule has 0 heterocycles. The van der Waals surface area contributed by atoms with Crippen molar-refractivity contribution < 1.29 is 55.3 Å². The third kappa shape index (κ3) is 11.1. The topological polar surface area (TPSA) is 158 Å². The molecule has 0 radical (unpaired) electrons. The summed E-state index contributed by atoms with van der Waals surface area (Å²) < 4.78 is 30.0. The van der Waals surface area contributed by atoms with Crippen LogP contribution in [-0.2, 0) is 55.3 Å². The first-order valence-electron chi connectivity index (χ1n) is 8.53. The number of allylic oxidation sites excluding steroid dienone is 2. The lowest BCUT2D eigenvalue weighted by Gasteiger charge is -2.26. The van der Waals surface area contributed by atoms with Gasteiger partial charge < -0.3 is 26.6 Å². The van der Waals surface area contributed by atoms with Crippen LogP contribution in [0.15, 0.2) is 12.2 Å². The van der Waals surface area contributed by atoms with Gasteiger partial charge in [0, 0.05) is 41.5 Å². The van der Waals surface area contributed by atoms with E-state index in [0.717, 1.165) is 41.5 Å². The van der Waals surface area contributed by atoms with E-state index in [1.54, 1.807) is 0 Å². The van der Waals surface area contributed by atoms with Crippen molar-refractivity contribution in [2.75, 3.05) is 0 Å². The lowest BCUT2D eigenvalue weighted by Crippen LogP contribution is -2.49. The molecule has 0 saturated heterocycles. The number of hydrogen-bond donors (Lipinski definition) is 0. The molecule has 0 spiro atoms. The molecular weight excluding hydrogens is 440 g/mol. The Morgan fingerprint density at radius 2 is 0.633 bits per heavy atom. The largest absolute Gasteiger partial charge is 0.709 e. The standard InChI is InChI=1S/C16H24O12Si2/c1-11(17)23-29(24-12(2)18,25-13(3)19)9-7-8-10-30(26-14(4)20,27-15(5)21)28-16(6)22/h7-8H,9-10H2,1-6H3/b8-7+. The first-order chi connectivity index (χ1) is 13.7. The van der Waals surface area contributed by atoms with E-state index in [0.29, 0.717) is 0 Å². The van der Waals surface area contributed by atoms with Crippen LogP contribution < -0.4 is 0 Å². The number of carbonyl (C=O) groups excluding carboxylic acids is 6. The second-order valence-corrected chi connectivity index (χ2v) is 10.6. The summed E-state index contributed by atoms with van der Waals surface area (Å²) >= 11 is 0. The van der Waals surface area contributed by atoms with Gasteiger partial charge in [-0.15, -0.1) is 0 Å². The van der Waals surface area contributed by atoms with Crippen molar-refractivity contribution in [2.45, 2.75) is 53.6 Å². The Hall–Kier alpha value is -3.01. The summed E-state index contributed by atoms with van der Waals surface area (Å²) in [5.74, 6) is -5.08. The van der Waals surface area contributed by atoms with Gasteiger partial charge in [0.15, 0.2) is 0 Å². The molecule has 12 nitrogen and oxygen atoms in total. The van der Waals surface area contributed by atoms with Crippen LogP contribution in [0.1, 0.15) is 41.5 Å². The van der Waals surface area contributed by atoms with Crippen LogP contribution >= 0.6 is 0 Å². The Labute approximate surface area is 175 Å². The zero-order valence-electron chi connectivity index (χ0n) is 17.5. The monoisotopic (exact) mass is 464 g/mol. The summed E-state index contributed by atoms with van der Waals surface area (Å²) in [5, 5.41) is 0. The van der Waals surface area contributed by atoms with Crippen LogP contribution in [0.5, 0.6) is 0 Å². The van der Waals surface area contributed by atoms with Gasteiger partial charge in [-0.2, -0.15) is 0 Å². The highest BCUT2D eigenvalue weighted by Gasteiger charge is 2.52. The van der Waals surface area contributed by atoms with Gasteiger partial charge in [0.1, 0.15) is 0 Å². The predicted molar refractivity (Wildman–Crippen MR) is 101 cm³/mol. The van der Waals surface area contributed by atoms with E-state index < -0.39 is 53.4 Å². The minimum Gasteiger partial charge on any atom is -0.455 e. The molecule has 14 heteroatoms. The average Bonchev–Trinajstić information content (AvgIpc) is 2.47. The Morgan fingerprint density at radius 3 is 0.767 bits per heavy atom. The maximum absolute atomic E-state index is 11.4. The number of rotatable bonds is 10. The predicted octanol–water partition coefficient (Wildman–Crippen LogP) is 0.799. The molecule has 0 aromatic rings. The maximum Gasteiger partial charge on any atom is 0.709 e. The molecule has 0 fully saturated rings. The fraction of sp³-hybridized carbons (Fsp3) is 0.500. The zero-order valence-corrected chi connectivity index (χ0v) is 19.5. The van der Waals surface area contributed by atoms with Crippen LogP contribution in [0.25, 0.3) is 0 Å². The molecule has 0 atom stereocenters. The SMILES string of the molecule is CC(=O)O[Si](C/C=C/C[Si](OC(C)=O)(OC(C)=O)OC(C)=O)(OC(C)=O)OC(C)=O. The van der Waals surface area contributed by atoms with Crippen molar-refractivity contribution in [2.24, 2.45) is 0 Å². The van der Waals surface area contributed by atoms with Crippen molar-refractivity contribution in [1.29, 1.82) is 0 Å². The second kappa shape index (κ2) is 11.9. The zero-order chi connectivity index (χ0) is 23.5. The van der Waals surface area contributed by atoms with Crippen molar-refractivity contribution in [3.63, 3.8) is 0 Å². The molecule has 0 amide bonds. The first-order valence-corrected chi connectivity index (χ1v) is 12.4. The fourth-order valence-corrected chi connectivity index (χ4v) is 6.43. The van der Waals surface area contributed by atoms with Crippen molar-refractivity contribution in [3.8, 4) is 0 Å². The molecule has 0 rings (SSSR count). The van der Waals surface area contributed by atoms with E-state index >= 15 is 0 Å². The van der Waals surface area contributed by atoms with Gasteiger partial charge in [0.05, 0.1) is 12.1 Å². The third-order valence-electron chi connectivity index (χ3n) is 2.70. The Bertz CT molecular complexity index is 588. The smallest absolute Gasteiger partial charge is 0.455 e. The van der Waals surface area contributed by atoms with E-state index in [9.17, 15) is 28.8 Å². The van der Waals surface area contributed by atoms with Crippen LogP contribution in [0, 0.1) is 0 Å². The third-order valence-corrected chi connectivity index (χ3v) is 7.76. The van der Waals surface area contributed by atoms with Crippen molar-refractivity contribution >= 4 is 53.4 Å². The molecule has 0 aromatic carbocycles. The molecule has 0 bridgehead atoms. The molecule has 0 unspecified atom stereocenters. The summed E-state index contributed by atoms with van der Waals surface area (Å²) in [4.78, 5) is 68.5. The summed E-state index contributed by atoms with van der Waals surface area (Å²) in [5.41, 5.74) is 0.